The molecular weight excluding hydrogens is 236 g/mol. The zero-order chi connectivity index (χ0) is 12.6. The third kappa shape index (κ3) is 2.38. The van der Waals surface area contributed by atoms with E-state index >= 15 is 0 Å². The summed E-state index contributed by atoms with van der Waals surface area (Å²) in [6.07, 6.45) is 0.619. The lowest BCUT2D eigenvalue weighted by Gasteiger charge is -2.15. The molecule has 3 heteroatoms. The molecule has 0 saturated carbocycles. The van der Waals surface area contributed by atoms with Crippen molar-refractivity contribution in [3.8, 4) is 0 Å². The van der Waals surface area contributed by atoms with Crippen LogP contribution in [0.3, 0.4) is 0 Å². The quantitative estimate of drug-likeness (QED) is 0.753. The molecule has 1 heterocycles. The van der Waals surface area contributed by atoms with Gasteiger partial charge in [0, 0.05) is 12.2 Å². The molecule has 2 nitrogen and oxygen atoms in total. The number of carbonyl (C=O) groups is 1. The van der Waals surface area contributed by atoms with Gasteiger partial charge in [-0.05, 0) is 49.4 Å². The lowest BCUT2D eigenvalue weighted by atomic mass is 9.94. The Morgan fingerprint density at radius 3 is 2.59 bits per heavy atom. The summed E-state index contributed by atoms with van der Waals surface area (Å²) < 4.78 is 5.50. The Morgan fingerprint density at radius 1 is 1.35 bits per heavy atom. The van der Waals surface area contributed by atoms with E-state index in [-0.39, 0.29) is 17.8 Å². The summed E-state index contributed by atoms with van der Waals surface area (Å²) in [5.74, 6) is 0.295. The van der Waals surface area contributed by atoms with Crippen LogP contribution in [0, 0.1) is 19.8 Å². The highest BCUT2D eigenvalue weighted by Gasteiger charge is 2.32. The Hall–Kier alpha value is -0.860. The van der Waals surface area contributed by atoms with Crippen LogP contribution in [0.15, 0.2) is 12.1 Å². The van der Waals surface area contributed by atoms with Crippen molar-refractivity contribution in [2.75, 3.05) is 6.61 Å². The minimum absolute atomic E-state index is 0.0168. The van der Waals surface area contributed by atoms with E-state index in [2.05, 4.69) is 0 Å². The van der Waals surface area contributed by atoms with E-state index in [1.54, 1.807) is 0 Å². The van der Waals surface area contributed by atoms with Gasteiger partial charge in [0.05, 0.1) is 5.02 Å². The van der Waals surface area contributed by atoms with Crippen molar-refractivity contribution < 1.29 is 9.53 Å². The van der Waals surface area contributed by atoms with Crippen molar-refractivity contribution in [3.63, 3.8) is 0 Å². The fourth-order valence-corrected chi connectivity index (χ4v) is 2.47. The van der Waals surface area contributed by atoms with Crippen molar-refractivity contribution in [1.82, 2.24) is 0 Å². The van der Waals surface area contributed by atoms with Crippen molar-refractivity contribution in [3.05, 3.63) is 33.8 Å². The van der Waals surface area contributed by atoms with E-state index < -0.39 is 0 Å². The summed E-state index contributed by atoms with van der Waals surface area (Å²) in [5, 5.41) is 0.529. The van der Waals surface area contributed by atoms with Crippen LogP contribution in [0.2, 0.25) is 5.02 Å². The predicted octanol–water partition coefficient (Wildman–Crippen LogP) is 3.56. The molecule has 0 aromatic heterocycles. The average molecular weight is 253 g/mol. The van der Waals surface area contributed by atoms with Gasteiger partial charge in [0.2, 0.25) is 0 Å². The summed E-state index contributed by atoms with van der Waals surface area (Å²) >= 11 is 6.15. The van der Waals surface area contributed by atoms with Crippen LogP contribution in [0.5, 0.6) is 0 Å². The molecule has 1 saturated heterocycles. The summed E-state index contributed by atoms with van der Waals surface area (Å²) in [7, 11) is 0. The molecule has 2 atom stereocenters. The molecule has 1 aliphatic rings. The maximum Gasteiger partial charge on any atom is 0.193 e. The van der Waals surface area contributed by atoms with Crippen LogP contribution in [0.25, 0.3) is 0 Å². The summed E-state index contributed by atoms with van der Waals surface area (Å²) in [5.41, 5.74) is 2.78. The third-order valence-corrected chi connectivity index (χ3v) is 3.81. The number of aryl methyl sites for hydroxylation is 2. The molecule has 0 spiro atoms. The molecule has 2 rings (SSSR count). The molecule has 1 aliphatic heterocycles. The number of Topliss-reactive ketones (excluding diaryl/α,β-unsaturated/α-hetero) is 1. The summed E-state index contributed by atoms with van der Waals surface area (Å²) in [6, 6.07) is 3.72. The molecule has 17 heavy (non-hydrogen) atoms. The second-order valence-corrected chi connectivity index (χ2v) is 5.25. The molecule has 0 amide bonds. The molecule has 0 bridgehead atoms. The highest BCUT2D eigenvalue weighted by Crippen LogP contribution is 2.28. The fraction of sp³-hybridized carbons (Fsp3) is 0.500. The number of carbonyl (C=O) groups excluding carboxylic acids is 1. The first kappa shape index (κ1) is 12.6. The minimum Gasteiger partial charge on any atom is -0.370 e. The number of ether oxygens (including phenoxy) is 1. The summed E-state index contributed by atoms with van der Waals surface area (Å²) in [6.45, 7) is 6.69. The lowest BCUT2D eigenvalue weighted by Crippen LogP contribution is -2.25. The van der Waals surface area contributed by atoms with Crippen LogP contribution in [0.1, 0.15) is 34.8 Å². The fourth-order valence-electron chi connectivity index (χ4n) is 2.15. The van der Waals surface area contributed by atoms with Crippen LogP contribution in [-0.4, -0.2) is 18.5 Å². The Kier molecular flexibility index (Phi) is 3.55. The molecule has 1 fully saturated rings. The number of benzene rings is 1. The molecule has 0 radical (unpaired) electrons. The second kappa shape index (κ2) is 4.79. The number of halogens is 1. The van der Waals surface area contributed by atoms with Crippen molar-refractivity contribution >= 4 is 17.4 Å². The lowest BCUT2D eigenvalue weighted by molar-refractivity contribution is 0.0579. The maximum absolute atomic E-state index is 12.3. The Morgan fingerprint density at radius 2 is 2.00 bits per heavy atom. The molecule has 1 aromatic rings. The first-order chi connectivity index (χ1) is 8.00. The van der Waals surface area contributed by atoms with Gasteiger partial charge in [0.1, 0.15) is 6.10 Å². The topological polar surface area (TPSA) is 26.3 Å². The van der Waals surface area contributed by atoms with Gasteiger partial charge in [-0.1, -0.05) is 18.5 Å². The largest absolute Gasteiger partial charge is 0.370 e. The average Bonchev–Trinajstić information content (AvgIpc) is 2.69. The first-order valence-electron chi connectivity index (χ1n) is 5.93. The van der Waals surface area contributed by atoms with Crippen molar-refractivity contribution in [2.45, 2.75) is 33.3 Å². The predicted molar refractivity (Wildman–Crippen MR) is 68.8 cm³/mol. The van der Waals surface area contributed by atoms with Crippen LogP contribution in [0.4, 0.5) is 0 Å². The minimum atomic E-state index is -0.324. The SMILES string of the molecule is Cc1cc(Cl)c(C(=O)C2OCCC2C)cc1C. The number of ketones is 1. The molecule has 2 unspecified atom stereocenters. The normalized spacial score (nSPS) is 24.0. The Bertz CT molecular complexity index is 454. The van der Waals surface area contributed by atoms with Gasteiger partial charge in [-0.2, -0.15) is 0 Å². The van der Waals surface area contributed by atoms with E-state index in [0.29, 0.717) is 17.2 Å². The van der Waals surface area contributed by atoms with Gasteiger partial charge in [-0.3, -0.25) is 4.79 Å². The Labute approximate surface area is 107 Å². The second-order valence-electron chi connectivity index (χ2n) is 4.84. The summed E-state index contributed by atoms with van der Waals surface area (Å²) in [4.78, 5) is 12.3. The van der Waals surface area contributed by atoms with Crippen molar-refractivity contribution in [2.24, 2.45) is 5.92 Å². The smallest absolute Gasteiger partial charge is 0.193 e. The van der Waals surface area contributed by atoms with E-state index in [1.165, 1.54) is 0 Å². The van der Waals surface area contributed by atoms with E-state index in [9.17, 15) is 4.79 Å². The monoisotopic (exact) mass is 252 g/mol. The molecular formula is C14H17ClO2. The van der Waals surface area contributed by atoms with Gasteiger partial charge in [-0.25, -0.2) is 0 Å². The molecule has 0 N–H and O–H groups in total. The van der Waals surface area contributed by atoms with Crippen LogP contribution in [-0.2, 0) is 4.74 Å². The zero-order valence-corrected chi connectivity index (χ0v) is 11.2. The number of rotatable bonds is 2. The van der Waals surface area contributed by atoms with E-state index in [4.69, 9.17) is 16.3 Å². The standard InChI is InChI=1S/C14H17ClO2/c1-8-4-5-17-14(8)13(16)11-6-9(2)10(3)7-12(11)15/h6-8,14H,4-5H2,1-3H3. The van der Waals surface area contributed by atoms with Gasteiger partial charge >= 0.3 is 0 Å². The first-order valence-corrected chi connectivity index (χ1v) is 6.31. The van der Waals surface area contributed by atoms with Gasteiger partial charge in [0.25, 0.3) is 0 Å². The van der Waals surface area contributed by atoms with E-state index in [0.717, 1.165) is 17.5 Å². The van der Waals surface area contributed by atoms with E-state index in [1.807, 2.05) is 32.9 Å². The molecule has 0 aliphatic carbocycles. The van der Waals surface area contributed by atoms with Crippen LogP contribution >= 0.6 is 11.6 Å². The van der Waals surface area contributed by atoms with Gasteiger partial charge in [0.15, 0.2) is 5.78 Å². The number of hydrogen-bond donors (Lipinski definition) is 0. The third-order valence-electron chi connectivity index (χ3n) is 3.49. The van der Waals surface area contributed by atoms with Crippen molar-refractivity contribution in [1.29, 1.82) is 0 Å². The maximum atomic E-state index is 12.3. The molecule has 1 aromatic carbocycles. The van der Waals surface area contributed by atoms with Gasteiger partial charge < -0.3 is 4.74 Å². The van der Waals surface area contributed by atoms with Crippen LogP contribution < -0.4 is 0 Å². The van der Waals surface area contributed by atoms with Gasteiger partial charge in [-0.15, -0.1) is 0 Å². The highest BCUT2D eigenvalue weighted by molar-refractivity contribution is 6.34. The highest BCUT2D eigenvalue weighted by atomic mass is 35.5. The Balaban J connectivity index is 2.34. The molecule has 92 valence electrons. The number of hydrogen-bond acceptors (Lipinski definition) is 2. The zero-order valence-electron chi connectivity index (χ0n) is 10.4.